The van der Waals surface area contributed by atoms with Crippen LogP contribution in [0.15, 0.2) is 12.7 Å². The summed E-state index contributed by atoms with van der Waals surface area (Å²) in [5.41, 5.74) is 4.74. The summed E-state index contributed by atoms with van der Waals surface area (Å²) in [6, 6.07) is 0. The molecule has 0 atom stereocenters. The van der Waals surface area contributed by atoms with Crippen LogP contribution in [-0.4, -0.2) is 25.8 Å². The molecule has 0 aromatic heterocycles. The SMILES string of the molecule is C=CCNCCCOC(N)=O. The van der Waals surface area contributed by atoms with Gasteiger partial charge >= 0.3 is 6.09 Å². The number of nitrogens with two attached hydrogens (primary N) is 1. The number of hydrogen-bond acceptors (Lipinski definition) is 3. The lowest BCUT2D eigenvalue weighted by Crippen LogP contribution is -2.19. The van der Waals surface area contributed by atoms with Gasteiger partial charge in [-0.3, -0.25) is 0 Å². The highest BCUT2D eigenvalue weighted by Gasteiger charge is 1.91. The monoisotopic (exact) mass is 158 g/mol. The third-order valence-electron chi connectivity index (χ3n) is 1.03. The highest BCUT2D eigenvalue weighted by molar-refractivity contribution is 5.64. The quantitative estimate of drug-likeness (QED) is 0.430. The maximum Gasteiger partial charge on any atom is 0.404 e. The second-order valence-corrected chi connectivity index (χ2v) is 2.01. The molecular weight excluding hydrogens is 144 g/mol. The van der Waals surface area contributed by atoms with E-state index in [2.05, 4.69) is 16.6 Å². The number of amides is 1. The van der Waals surface area contributed by atoms with Gasteiger partial charge in [-0.25, -0.2) is 4.79 Å². The van der Waals surface area contributed by atoms with Gasteiger partial charge in [-0.2, -0.15) is 0 Å². The Bertz CT molecular complexity index is 126. The second kappa shape index (κ2) is 7.08. The number of primary amides is 1. The summed E-state index contributed by atoms with van der Waals surface area (Å²) in [4.78, 5) is 10.1. The first-order valence-electron chi connectivity index (χ1n) is 3.51. The molecule has 0 aliphatic rings. The second-order valence-electron chi connectivity index (χ2n) is 2.01. The van der Waals surface area contributed by atoms with Crippen molar-refractivity contribution in [3.63, 3.8) is 0 Å². The Kier molecular flexibility index (Phi) is 6.42. The minimum absolute atomic E-state index is 0.374. The number of ether oxygens (including phenoxy) is 1. The van der Waals surface area contributed by atoms with Crippen LogP contribution in [0.25, 0.3) is 0 Å². The fourth-order valence-corrected chi connectivity index (χ4v) is 0.574. The lowest BCUT2D eigenvalue weighted by molar-refractivity contribution is 0.155. The number of carbonyl (C=O) groups is 1. The first kappa shape index (κ1) is 9.97. The number of hydrogen-bond donors (Lipinski definition) is 2. The van der Waals surface area contributed by atoms with E-state index < -0.39 is 6.09 Å². The van der Waals surface area contributed by atoms with Gasteiger partial charge in [-0.15, -0.1) is 6.58 Å². The Labute approximate surface area is 66.4 Å². The van der Waals surface area contributed by atoms with Crippen LogP contribution >= 0.6 is 0 Å². The van der Waals surface area contributed by atoms with Gasteiger partial charge < -0.3 is 15.8 Å². The van der Waals surface area contributed by atoms with Crippen molar-refractivity contribution in [2.45, 2.75) is 6.42 Å². The van der Waals surface area contributed by atoms with Crippen molar-refractivity contribution in [3.8, 4) is 0 Å². The highest BCUT2D eigenvalue weighted by Crippen LogP contribution is 1.79. The van der Waals surface area contributed by atoms with Crippen LogP contribution in [-0.2, 0) is 4.74 Å². The average molecular weight is 158 g/mol. The normalized spacial score (nSPS) is 9.09. The number of rotatable bonds is 6. The fourth-order valence-electron chi connectivity index (χ4n) is 0.574. The number of nitrogens with one attached hydrogen (secondary N) is 1. The molecule has 3 N–H and O–H groups in total. The molecule has 64 valence electrons. The van der Waals surface area contributed by atoms with E-state index in [1.165, 1.54) is 0 Å². The molecule has 0 bridgehead atoms. The standard InChI is InChI=1S/C7H14N2O2/c1-2-4-9-5-3-6-11-7(8)10/h2,9H,1,3-6H2,(H2,8,10). The summed E-state index contributed by atoms with van der Waals surface area (Å²) < 4.78 is 4.50. The van der Waals surface area contributed by atoms with Crippen LogP contribution in [0.4, 0.5) is 4.79 Å². The van der Waals surface area contributed by atoms with E-state index in [0.29, 0.717) is 6.61 Å². The Hall–Kier alpha value is -1.03. The average Bonchev–Trinajstić information content (AvgIpc) is 1.96. The van der Waals surface area contributed by atoms with Gasteiger partial charge in [0, 0.05) is 6.54 Å². The summed E-state index contributed by atoms with van der Waals surface area (Å²) in [6.45, 7) is 5.49. The Morgan fingerprint density at radius 2 is 2.45 bits per heavy atom. The Morgan fingerprint density at radius 1 is 1.73 bits per heavy atom. The van der Waals surface area contributed by atoms with E-state index in [-0.39, 0.29) is 0 Å². The molecule has 11 heavy (non-hydrogen) atoms. The molecule has 0 aliphatic carbocycles. The molecule has 0 aromatic carbocycles. The fraction of sp³-hybridized carbons (Fsp3) is 0.571. The van der Waals surface area contributed by atoms with E-state index in [0.717, 1.165) is 19.5 Å². The first-order valence-corrected chi connectivity index (χ1v) is 3.51. The van der Waals surface area contributed by atoms with Crippen molar-refractivity contribution in [1.82, 2.24) is 5.32 Å². The minimum atomic E-state index is -0.714. The maximum absolute atomic E-state index is 10.1. The summed E-state index contributed by atoms with van der Waals surface area (Å²) in [7, 11) is 0. The predicted octanol–water partition coefficient (Wildman–Crippen LogP) is 0.247. The van der Waals surface area contributed by atoms with E-state index >= 15 is 0 Å². The van der Waals surface area contributed by atoms with E-state index in [1.807, 2.05) is 0 Å². The highest BCUT2D eigenvalue weighted by atomic mass is 16.5. The van der Waals surface area contributed by atoms with Gasteiger partial charge in [0.25, 0.3) is 0 Å². The van der Waals surface area contributed by atoms with Gasteiger partial charge in [-0.05, 0) is 13.0 Å². The third kappa shape index (κ3) is 8.97. The smallest absolute Gasteiger partial charge is 0.404 e. The molecule has 0 aliphatic heterocycles. The molecule has 4 heteroatoms. The summed E-state index contributed by atoms with van der Waals surface area (Å²) in [5.74, 6) is 0. The molecule has 0 saturated carbocycles. The van der Waals surface area contributed by atoms with Crippen molar-refractivity contribution >= 4 is 6.09 Å². The molecule has 0 fully saturated rings. The molecule has 0 radical (unpaired) electrons. The van der Waals surface area contributed by atoms with Crippen LogP contribution in [0.3, 0.4) is 0 Å². The van der Waals surface area contributed by atoms with E-state index in [9.17, 15) is 4.79 Å². The first-order chi connectivity index (χ1) is 5.27. The zero-order valence-electron chi connectivity index (χ0n) is 6.51. The van der Waals surface area contributed by atoms with Crippen LogP contribution in [0, 0.1) is 0 Å². The van der Waals surface area contributed by atoms with Gasteiger partial charge in [0.15, 0.2) is 0 Å². The Balaban J connectivity index is 2.90. The van der Waals surface area contributed by atoms with Crippen molar-refractivity contribution < 1.29 is 9.53 Å². The van der Waals surface area contributed by atoms with Crippen LogP contribution in [0.2, 0.25) is 0 Å². The molecule has 0 saturated heterocycles. The van der Waals surface area contributed by atoms with Crippen molar-refractivity contribution in [2.75, 3.05) is 19.7 Å². The van der Waals surface area contributed by atoms with Crippen LogP contribution < -0.4 is 11.1 Å². The lowest BCUT2D eigenvalue weighted by atomic mass is 10.4. The molecular formula is C7H14N2O2. The van der Waals surface area contributed by atoms with Crippen molar-refractivity contribution in [3.05, 3.63) is 12.7 Å². The summed E-state index contributed by atoms with van der Waals surface area (Å²) >= 11 is 0. The van der Waals surface area contributed by atoms with Crippen LogP contribution in [0.5, 0.6) is 0 Å². The molecule has 4 nitrogen and oxygen atoms in total. The summed E-state index contributed by atoms with van der Waals surface area (Å²) in [5, 5.41) is 3.06. The van der Waals surface area contributed by atoms with Gasteiger partial charge in [0.2, 0.25) is 0 Å². The Morgan fingerprint density at radius 3 is 3.00 bits per heavy atom. The van der Waals surface area contributed by atoms with Gasteiger partial charge in [-0.1, -0.05) is 6.08 Å². The van der Waals surface area contributed by atoms with Gasteiger partial charge in [0.1, 0.15) is 0 Å². The molecule has 1 amide bonds. The molecule has 0 rings (SSSR count). The zero-order valence-corrected chi connectivity index (χ0v) is 6.51. The van der Waals surface area contributed by atoms with Gasteiger partial charge in [0.05, 0.1) is 6.61 Å². The van der Waals surface area contributed by atoms with Crippen molar-refractivity contribution in [1.29, 1.82) is 0 Å². The lowest BCUT2D eigenvalue weighted by Gasteiger charge is -2.01. The topological polar surface area (TPSA) is 64.3 Å². The van der Waals surface area contributed by atoms with Crippen LogP contribution in [0.1, 0.15) is 6.42 Å². The van der Waals surface area contributed by atoms with Crippen molar-refractivity contribution in [2.24, 2.45) is 5.73 Å². The zero-order chi connectivity index (χ0) is 8.53. The summed E-state index contributed by atoms with van der Waals surface area (Å²) in [6.07, 6.45) is 1.83. The molecule has 0 spiro atoms. The third-order valence-corrected chi connectivity index (χ3v) is 1.03. The molecule has 0 heterocycles. The predicted molar refractivity (Wildman–Crippen MR) is 43.2 cm³/mol. The minimum Gasteiger partial charge on any atom is -0.450 e. The molecule has 0 aromatic rings. The maximum atomic E-state index is 10.1. The van der Waals surface area contributed by atoms with E-state index in [1.54, 1.807) is 6.08 Å². The largest absolute Gasteiger partial charge is 0.450 e. The number of carbonyl (C=O) groups excluding carboxylic acids is 1. The van der Waals surface area contributed by atoms with E-state index in [4.69, 9.17) is 5.73 Å². The molecule has 0 unspecified atom stereocenters.